The van der Waals surface area contributed by atoms with Crippen LogP contribution in [0, 0.1) is 6.07 Å². The standard InChI is InChI=1S/C27H16NO.C5H8O2.Ir/c1-2-9-18(10-3-1)19-11-8-12-20(17-19)26-27-25(21-13-4-6-15-23(21)28-26)22-14-5-7-16-24(22)29-27;1-4(6)3-5(2)7;/h1-11,13-17H;3,6H,1-2H3;/q-1;;/b;4-3-;. The second-order valence-corrected chi connectivity index (χ2v) is 8.53. The number of rotatable bonds is 3. The SMILES string of the molecule is CC(=O)/C=C(/C)O.[Ir].[c-]1ccc(-c2ccccc2)cc1-c1nc2ccccc2c2c1oc1ccccc12. The third-order valence-electron chi connectivity index (χ3n) is 5.79. The number of fused-ring (bicyclic) bond motifs is 5. The fraction of sp³-hybridized carbons (Fsp3) is 0.0625. The minimum Gasteiger partial charge on any atom is -0.512 e. The molecule has 0 atom stereocenters. The van der Waals surface area contributed by atoms with E-state index in [4.69, 9.17) is 14.5 Å². The van der Waals surface area contributed by atoms with E-state index in [0.717, 1.165) is 49.7 Å². The number of furan rings is 1. The molecule has 2 heterocycles. The molecule has 185 valence electrons. The molecule has 6 aromatic rings. The number of para-hydroxylation sites is 2. The molecule has 2 aromatic heterocycles. The van der Waals surface area contributed by atoms with E-state index in [1.54, 1.807) is 0 Å². The topological polar surface area (TPSA) is 63.3 Å². The van der Waals surface area contributed by atoms with Crippen molar-refractivity contribution in [1.82, 2.24) is 4.98 Å². The third-order valence-corrected chi connectivity index (χ3v) is 5.79. The van der Waals surface area contributed by atoms with Crippen molar-refractivity contribution in [3.8, 4) is 22.4 Å². The van der Waals surface area contributed by atoms with E-state index < -0.39 is 0 Å². The summed E-state index contributed by atoms with van der Waals surface area (Å²) >= 11 is 0. The molecule has 6 rings (SSSR count). The summed E-state index contributed by atoms with van der Waals surface area (Å²) in [5, 5.41) is 11.7. The van der Waals surface area contributed by atoms with Crippen LogP contribution in [0.25, 0.3) is 55.2 Å². The van der Waals surface area contributed by atoms with Gasteiger partial charge in [0.2, 0.25) is 0 Å². The number of nitrogens with zero attached hydrogens (tertiary/aromatic N) is 1. The van der Waals surface area contributed by atoms with E-state index in [9.17, 15) is 4.79 Å². The fourth-order valence-electron chi connectivity index (χ4n) is 4.32. The summed E-state index contributed by atoms with van der Waals surface area (Å²) in [4.78, 5) is 15.0. The number of pyridine rings is 1. The average molecular weight is 663 g/mol. The summed E-state index contributed by atoms with van der Waals surface area (Å²) in [7, 11) is 0. The number of aliphatic hydroxyl groups excluding tert-OH is 1. The van der Waals surface area contributed by atoms with Crippen LogP contribution in [-0.4, -0.2) is 15.9 Å². The monoisotopic (exact) mass is 663 g/mol. The molecule has 1 radical (unpaired) electrons. The molecule has 0 unspecified atom stereocenters. The molecular weight excluding hydrogens is 639 g/mol. The molecule has 37 heavy (non-hydrogen) atoms. The fourth-order valence-corrected chi connectivity index (χ4v) is 4.32. The van der Waals surface area contributed by atoms with Crippen LogP contribution in [0.5, 0.6) is 0 Å². The second-order valence-electron chi connectivity index (χ2n) is 8.53. The number of carbonyl (C=O) groups excluding carboxylic acids is 1. The Bertz CT molecular complexity index is 1730. The molecule has 0 spiro atoms. The smallest absolute Gasteiger partial charge is 0.155 e. The summed E-state index contributed by atoms with van der Waals surface area (Å²) in [5.41, 5.74) is 6.71. The van der Waals surface area contributed by atoms with Crippen LogP contribution in [0.4, 0.5) is 0 Å². The first kappa shape index (κ1) is 26.0. The van der Waals surface area contributed by atoms with Crippen molar-refractivity contribution < 1.29 is 34.4 Å². The summed E-state index contributed by atoms with van der Waals surface area (Å²) in [6.07, 6.45) is 1.17. The number of carbonyl (C=O) groups is 1. The van der Waals surface area contributed by atoms with Crippen LogP contribution in [0.1, 0.15) is 13.8 Å². The summed E-state index contributed by atoms with van der Waals surface area (Å²) in [6, 6.07) is 36.3. The van der Waals surface area contributed by atoms with Gasteiger partial charge in [-0.05, 0) is 31.5 Å². The van der Waals surface area contributed by atoms with Crippen molar-refractivity contribution in [2.75, 3.05) is 0 Å². The van der Waals surface area contributed by atoms with Gasteiger partial charge in [0.15, 0.2) is 5.78 Å². The minimum atomic E-state index is -0.125. The Labute approximate surface area is 228 Å². The number of aromatic nitrogens is 1. The zero-order valence-electron chi connectivity index (χ0n) is 20.4. The van der Waals surface area contributed by atoms with E-state index >= 15 is 0 Å². The van der Waals surface area contributed by atoms with Gasteiger partial charge in [0.25, 0.3) is 0 Å². The Kier molecular flexibility index (Phi) is 7.98. The Balaban J connectivity index is 0.000000356. The zero-order valence-corrected chi connectivity index (χ0v) is 22.8. The van der Waals surface area contributed by atoms with Crippen LogP contribution in [0.2, 0.25) is 0 Å². The van der Waals surface area contributed by atoms with Gasteiger partial charge in [-0.25, -0.2) is 0 Å². The van der Waals surface area contributed by atoms with Crippen molar-refractivity contribution >= 4 is 38.6 Å². The van der Waals surface area contributed by atoms with E-state index in [-0.39, 0.29) is 31.6 Å². The number of benzene rings is 4. The Morgan fingerprint density at radius 3 is 2.24 bits per heavy atom. The number of hydrogen-bond donors (Lipinski definition) is 1. The molecule has 0 saturated heterocycles. The molecule has 0 aliphatic heterocycles. The average Bonchev–Trinajstić information content (AvgIpc) is 3.28. The molecule has 5 heteroatoms. The van der Waals surface area contributed by atoms with Gasteiger partial charge in [-0.2, -0.15) is 0 Å². The van der Waals surface area contributed by atoms with Crippen LogP contribution >= 0.6 is 0 Å². The van der Waals surface area contributed by atoms with Crippen molar-refractivity contribution in [3.05, 3.63) is 115 Å². The van der Waals surface area contributed by atoms with E-state index in [2.05, 4.69) is 60.7 Å². The zero-order chi connectivity index (χ0) is 25.1. The van der Waals surface area contributed by atoms with Crippen LogP contribution in [0.3, 0.4) is 0 Å². The molecule has 0 saturated carbocycles. The Morgan fingerprint density at radius 2 is 1.54 bits per heavy atom. The molecule has 0 aliphatic carbocycles. The van der Waals surface area contributed by atoms with Crippen LogP contribution in [-0.2, 0) is 24.9 Å². The largest absolute Gasteiger partial charge is 0.512 e. The first-order valence-corrected chi connectivity index (χ1v) is 11.7. The maximum Gasteiger partial charge on any atom is 0.155 e. The van der Waals surface area contributed by atoms with Crippen molar-refractivity contribution in [2.24, 2.45) is 0 Å². The van der Waals surface area contributed by atoms with Crippen molar-refractivity contribution in [1.29, 1.82) is 0 Å². The van der Waals surface area contributed by atoms with Gasteiger partial charge in [0.05, 0.1) is 11.3 Å². The molecule has 0 fully saturated rings. The normalized spacial score (nSPS) is 11.1. The number of allylic oxidation sites excluding steroid dienone is 2. The van der Waals surface area contributed by atoms with Gasteiger partial charge in [-0.3, -0.25) is 9.78 Å². The number of ketones is 1. The minimum absolute atomic E-state index is 0. The Morgan fingerprint density at radius 1 is 0.865 bits per heavy atom. The quantitative estimate of drug-likeness (QED) is 0.118. The summed E-state index contributed by atoms with van der Waals surface area (Å²) in [5.74, 6) is -0.0625. The molecule has 4 aromatic carbocycles. The molecule has 0 amide bonds. The van der Waals surface area contributed by atoms with Crippen LogP contribution < -0.4 is 0 Å². The second kappa shape index (κ2) is 11.3. The summed E-state index contributed by atoms with van der Waals surface area (Å²) in [6.45, 7) is 2.85. The van der Waals surface area contributed by atoms with E-state index in [1.807, 2.05) is 42.5 Å². The molecule has 4 nitrogen and oxygen atoms in total. The summed E-state index contributed by atoms with van der Waals surface area (Å²) < 4.78 is 6.31. The third kappa shape index (κ3) is 5.54. The van der Waals surface area contributed by atoms with Gasteiger partial charge in [-0.15, -0.1) is 35.4 Å². The van der Waals surface area contributed by atoms with Crippen LogP contribution in [0.15, 0.2) is 113 Å². The van der Waals surface area contributed by atoms with Gasteiger partial charge in [0, 0.05) is 48.0 Å². The van der Waals surface area contributed by atoms with Gasteiger partial charge in [0.1, 0.15) is 11.2 Å². The maximum absolute atomic E-state index is 10.0. The molecular formula is C32H24IrNO3-. The first-order chi connectivity index (χ1) is 17.5. The number of hydrogen-bond acceptors (Lipinski definition) is 4. The number of aliphatic hydroxyl groups is 1. The van der Waals surface area contributed by atoms with E-state index in [1.165, 1.54) is 25.5 Å². The predicted octanol–water partition coefficient (Wildman–Crippen LogP) is 8.30. The van der Waals surface area contributed by atoms with Gasteiger partial charge in [-0.1, -0.05) is 66.7 Å². The van der Waals surface area contributed by atoms with E-state index in [0.29, 0.717) is 0 Å². The molecule has 0 aliphatic rings. The van der Waals surface area contributed by atoms with Crippen molar-refractivity contribution in [2.45, 2.75) is 13.8 Å². The maximum atomic E-state index is 10.0. The first-order valence-electron chi connectivity index (χ1n) is 11.7. The predicted molar refractivity (Wildman–Crippen MR) is 146 cm³/mol. The van der Waals surface area contributed by atoms with Gasteiger partial charge < -0.3 is 9.52 Å². The Hall–Kier alpha value is -4.05. The van der Waals surface area contributed by atoms with Gasteiger partial charge >= 0.3 is 0 Å². The molecule has 1 N–H and O–H groups in total. The van der Waals surface area contributed by atoms with Crippen molar-refractivity contribution in [3.63, 3.8) is 0 Å². The molecule has 0 bridgehead atoms.